The van der Waals surface area contributed by atoms with Crippen LogP contribution in [-0.4, -0.2) is 72.6 Å². The van der Waals surface area contributed by atoms with E-state index in [4.69, 9.17) is 9.15 Å². The molecule has 0 unspecified atom stereocenters. The van der Waals surface area contributed by atoms with Gasteiger partial charge in [-0.05, 0) is 55.3 Å². The van der Waals surface area contributed by atoms with Crippen LogP contribution in [0.25, 0.3) is 0 Å². The van der Waals surface area contributed by atoms with Crippen molar-refractivity contribution in [2.45, 2.75) is 26.9 Å². The number of morpholine rings is 1. The van der Waals surface area contributed by atoms with E-state index in [0.717, 1.165) is 30.0 Å². The van der Waals surface area contributed by atoms with Crippen LogP contribution >= 0.6 is 0 Å². The highest BCUT2D eigenvalue weighted by Crippen LogP contribution is 2.16. The van der Waals surface area contributed by atoms with Crippen molar-refractivity contribution in [2.75, 3.05) is 51.3 Å². The molecule has 0 spiro atoms. The molecule has 1 saturated heterocycles. The lowest BCUT2D eigenvalue weighted by Crippen LogP contribution is -2.48. The van der Waals surface area contributed by atoms with Gasteiger partial charge >= 0.3 is 6.03 Å². The molecule has 0 aliphatic carbocycles. The van der Waals surface area contributed by atoms with Crippen LogP contribution in [0, 0.1) is 19.7 Å². The molecule has 202 valence electrons. The molecule has 3 aromatic rings. The number of hydrogen-bond acceptors (Lipinski definition) is 5. The van der Waals surface area contributed by atoms with Crippen LogP contribution < -0.4 is 5.32 Å². The summed E-state index contributed by atoms with van der Waals surface area (Å²) in [7, 11) is 0. The molecule has 2 aromatic carbocycles. The number of amides is 3. The summed E-state index contributed by atoms with van der Waals surface area (Å²) in [5.41, 5.74) is 2.43. The fourth-order valence-corrected chi connectivity index (χ4v) is 4.31. The largest absolute Gasteiger partial charge is 0.464 e. The third-order valence-corrected chi connectivity index (χ3v) is 6.57. The van der Waals surface area contributed by atoms with E-state index in [1.807, 2.05) is 50.2 Å². The molecule has 1 aromatic heterocycles. The second kappa shape index (κ2) is 13.2. The van der Waals surface area contributed by atoms with Crippen LogP contribution in [-0.2, 0) is 22.6 Å². The molecule has 9 heteroatoms. The van der Waals surface area contributed by atoms with Gasteiger partial charge in [-0.15, -0.1) is 0 Å². The van der Waals surface area contributed by atoms with Gasteiger partial charge in [-0.3, -0.25) is 9.69 Å². The van der Waals surface area contributed by atoms with E-state index >= 15 is 0 Å². The van der Waals surface area contributed by atoms with Crippen molar-refractivity contribution in [3.63, 3.8) is 0 Å². The van der Waals surface area contributed by atoms with Crippen LogP contribution in [0.4, 0.5) is 14.9 Å². The van der Waals surface area contributed by atoms with Gasteiger partial charge in [0.25, 0.3) is 0 Å². The molecule has 38 heavy (non-hydrogen) atoms. The van der Waals surface area contributed by atoms with Crippen LogP contribution in [0.15, 0.2) is 65.1 Å². The molecule has 0 radical (unpaired) electrons. The van der Waals surface area contributed by atoms with E-state index < -0.39 is 0 Å². The predicted molar refractivity (Wildman–Crippen MR) is 143 cm³/mol. The number of ether oxygens (including phenoxy) is 1. The first-order valence-electron chi connectivity index (χ1n) is 12.9. The van der Waals surface area contributed by atoms with E-state index in [-0.39, 0.29) is 37.4 Å². The van der Waals surface area contributed by atoms with Crippen LogP contribution in [0.1, 0.15) is 22.6 Å². The van der Waals surface area contributed by atoms with Crippen molar-refractivity contribution in [1.29, 1.82) is 0 Å². The van der Waals surface area contributed by atoms with Gasteiger partial charge in [0.2, 0.25) is 5.91 Å². The topological polar surface area (TPSA) is 78.3 Å². The molecule has 1 aliphatic rings. The summed E-state index contributed by atoms with van der Waals surface area (Å²) >= 11 is 0. The van der Waals surface area contributed by atoms with Gasteiger partial charge in [0.05, 0.1) is 19.8 Å². The number of benzene rings is 2. The van der Waals surface area contributed by atoms with Crippen LogP contribution in [0.5, 0.6) is 0 Å². The minimum absolute atomic E-state index is 0.108. The quantitative estimate of drug-likeness (QED) is 0.426. The summed E-state index contributed by atoms with van der Waals surface area (Å²) in [6, 6.07) is 16.9. The Kier molecular flexibility index (Phi) is 9.51. The summed E-state index contributed by atoms with van der Waals surface area (Å²) in [4.78, 5) is 32.5. The molecule has 1 aliphatic heterocycles. The number of para-hydroxylation sites is 1. The molecular weight excluding hydrogens is 487 g/mol. The van der Waals surface area contributed by atoms with Gasteiger partial charge in [-0.1, -0.05) is 30.3 Å². The standard InChI is InChI=1S/C29H35FN4O4/c1-22-5-3-4-6-27(22)31-29(36)33(14-13-32-15-17-37-18-16-32)21-28(35)34(20-26-12-7-23(2)38-26)19-24-8-10-25(30)11-9-24/h3-12H,13-21H2,1-2H3,(H,31,36). The number of nitrogens with zero attached hydrogens (tertiary/aromatic N) is 3. The van der Waals surface area contributed by atoms with Gasteiger partial charge < -0.3 is 24.3 Å². The Balaban J connectivity index is 1.51. The first-order chi connectivity index (χ1) is 18.4. The predicted octanol–water partition coefficient (Wildman–Crippen LogP) is 4.43. The molecule has 8 nitrogen and oxygen atoms in total. The number of furan rings is 1. The van der Waals surface area contributed by atoms with E-state index in [1.54, 1.807) is 21.9 Å². The summed E-state index contributed by atoms with van der Waals surface area (Å²) < 4.78 is 24.6. The zero-order valence-corrected chi connectivity index (χ0v) is 22.0. The molecule has 0 saturated carbocycles. The normalized spacial score (nSPS) is 13.8. The SMILES string of the molecule is Cc1ccc(CN(Cc2ccc(F)cc2)C(=O)CN(CCN2CCOCC2)C(=O)Nc2ccccc2C)o1. The minimum Gasteiger partial charge on any atom is -0.464 e. The van der Waals surface area contributed by atoms with Crippen LogP contribution in [0.3, 0.4) is 0 Å². The van der Waals surface area contributed by atoms with Crippen molar-refractivity contribution < 1.29 is 23.1 Å². The number of carbonyl (C=O) groups excluding carboxylic acids is 2. The monoisotopic (exact) mass is 522 g/mol. The maximum Gasteiger partial charge on any atom is 0.322 e. The average Bonchev–Trinajstić information content (AvgIpc) is 3.33. The molecule has 4 rings (SSSR count). The molecule has 0 bridgehead atoms. The molecule has 3 amide bonds. The highest BCUT2D eigenvalue weighted by atomic mass is 19.1. The Morgan fingerprint density at radius 1 is 0.947 bits per heavy atom. The second-order valence-corrected chi connectivity index (χ2v) is 9.51. The average molecular weight is 523 g/mol. The van der Waals surface area contributed by atoms with Crippen molar-refractivity contribution in [2.24, 2.45) is 0 Å². The van der Waals surface area contributed by atoms with Crippen molar-refractivity contribution in [3.8, 4) is 0 Å². The second-order valence-electron chi connectivity index (χ2n) is 9.51. The summed E-state index contributed by atoms with van der Waals surface area (Å²) in [5.74, 6) is 0.821. The molecule has 1 N–H and O–H groups in total. The van der Waals surface area contributed by atoms with Gasteiger partial charge in [-0.2, -0.15) is 0 Å². The van der Waals surface area contributed by atoms with Gasteiger partial charge in [0.15, 0.2) is 0 Å². The Morgan fingerprint density at radius 2 is 1.68 bits per heavy atom. The summed E-state index contributed by atoms with van der Waals surface area (Å²) in [6.45, 7) is 8.06. The number of aryl methyl sites for hydroxylation is 2. The first-order valence-corrected chi connectivity index (χ1v) is 12.9. The van der Waals surface area contributed by atoms with Gasteiger partial charge in [0.1, 0.15) is 23.9 Å². The summed E-state index contributed by atoms with van der Waals surface area (Å²) in [5, 5.41) is 2.96. The Morgan fingerprint density at radius 3 is 2.37 bits per heavy atom. The zero-order valence-electron chi connectivity index (χ0n) is 22.0. The molecule has 2 heterocycles. The highest BCUT2D eigenvalue weighted by Gasteiger charge is 2.24. The Bertz CT molecular complexity index is 1210. The first kappa shape index (κ1) is 27.3. The lowest BCUT2D eigenvalue weighted by atomic mass is 10.2. The highest BCUT2D eigenvalue weighted by molar-refractivity contribution is 5.93. The zero-order chi connectivity index (χ0) is 26.9. The van der Waals surface area contributed by atoms with E-state index in [0.29, 0.717) is 37.8 Å². The van der Waals surface area contributed by atoms with Crippen LogP contribution in [0.2, 0.25) is 0 Å². The number of halogens is 1. The fraction of sp³-hybridized carbons (Fsp3) is 0.379. The number of nitrogens with one attached hydrogen (secondary N) is 1. The molecule has 0 atom stereocenters. The lowest BCUT2D eigenvalue weighted by Gasteiger charge is -2.31. The molecule has 1 fully saturated rings. The Hall–Kier alpha value is -3.69. The summed E-state index contributed by atoms with van der Waals surface area (Å²) in [6.07, 6.45) is 0. The maximum absolute atomic E-state index is 13.7. The van der Waals surface area contributed by atoms with Crippen molar-refractivity contribution in [3.05, 3.63) is 89.1 Å². The van der Waals surface area contributed by atoms with Gasteiger partial charge in [-0.25, -0.2) is 9.18 Å². The lowest BCUT2D eigenvalue weighted by molar-refractivity contribution is -0.133. The third-order valence-electron chi connectivity index (χ3n) is 6.57. The van der Waals surface area contributed by atoms with Gasteiger partial charge in [0, 0.05) is 38.4 Å². The fourth-order valence-electron chi connectivity index (χ4n) is 4.31. The Labute approximate surface area is 223 Å². The number of rotatable bonds is 10. The van der Waals surface area contributed by atoms with E-state index in [2.05, 4.69) is 10.2 Å². The number of anilines is 1. The number of hydrogen-bond donors (Lipinski definition) is 1. The van der Waals surface area contributed by atoms with E-state index in [1.165, 1.54) is 12.1 Å². The van der Waals surface area contributed by atoms with Crippen molar-refractivity contribution in [1.82, 2.24) is 14.7 Å². The number of urea groups is 1. The van der Waals surface area contributed by atoms with Crippen molar-refractivity contribution >= 4 is 17.6 Å². The third kappa shape index (κ3) is 7.90. The minimum atomic E-state index is -0.338. The smallest absolute Gasteiger partial charge is 0.322 e. The van der Waals surface area contributed by atoms with E-state index in [9.17, 15) is 14.0 Å². The maximum atomic E-state index is 13.7. The number of carbonyl (C=O) groups is 2. The molecular formula is C29H35FN4O4.